The van der Waals surface area contributed by atoms with E-state index >= 15 is 0 Å². The number of nitrogens with zero attached hydrogens (tertiary/aromatic N) is 3. The highest BCUT2D eigenvalue weighted by molar-refractivity contribution is 5.87. The van der Waals surface area contributed by atoms with Gasteiger partial charge in [-0.2, -0.15) is 0 Å². The maximum Gasteiger partial charge on any atom is 0.131 e. The minimum absolute atomic E-state index is 0.304. The van der Waals surface area contributed by atoms with E-state index in [1.54, 1.807) is 19.5 Å². The molecule has 158 valence electrons. The smallest absolute Gasteiger partial charge is 0.131 e. The van der Waals surface area contributed by atoms with Crippen molar-refractivity contribution in [2.24, 2.45) is 0 Å². The normalized spacial score (nSPS) is 12.6. The highest BCUT2D eigenvalue weighted by atomic mass is 19.1. The summed E-state index contributed by atoms with van der Waals surface area (Å²) in [5.41, 5.74) is 6.38. The number of anilines is 2. The van der Waals surface area contributed by atoms with Crippen molar-refractivity contribution in [3.8, 4) is 17.0 Å². The van der Waals surface area contributed by atoms with Gasteiger partial charge in [0.2, 0.25) is 0 Å². The number of aryl methyl sites for hydroxylation is 1. The number of rotatable bonds is 6. The Morgan fingerprint density at radius 3 is 2.94 bits per heavy atom. The van der Waals surface area contributed by atoms with Gasteiger partial charge in [0.1, 0.15) is 23.7 Å². The number of hydrogen-bond donors (Lipinski definition) is 2. The molecular formula is C24H24FN5O. The number of hydrogen-bond acceptors (Lipinski definition) is 5. The summed E-state index contributed by atoms with van der Waals surface area (Å²) in [6, 6.07) is 13.4. The van der Waals surface area contributed by atoms with E-state index in [4.69, 9.17) is 4.74 Å². The third-order valence-corrected chi connectivity index (χ3v) is 5.79. The zero-order valence-electron chi connectivity index (χ0n) is 17.6. The van der Waals surface area contributed by atoms with E-state index in [1.165, 1.54) is 17.3 Å². The van der Waals surface area contributed by atoms with Crippen LogP contribution in [0.5, 0.6) is 5.75 Å². The van der Waals surface area contributed by atoms with E-state index in [2.05, 4.69) is 43.4 Å². The molecule has 2 aromatic heterocycles. The first-order chi connectivity index (χ1) is 15.1. The molecular weight excluding hydrogens is 393 g/mol. The number of aromatic nitrogens is 3. The van der Waals surface area contributed by atoms with Gasteiger partial charge in [0.05, 0.1) is 18.3 Å². The van der Waals surface area contributed by atoms with Crippen LogP contribution in [0.15, 0.2) is 48.8 Å². The van der Waals surface area contributed by atoms with Crippen molar-refractivity contribution in [1.29, 1.82) is 0 Å². The molecule has 1 aliphatic rings. The Balaban J connectivity index is 1.33. The lowest BCUT2D eigenvalue weighted by Gasteiger charge is -2.11. The Bertz CT molecular complexity index is 1270. The quantitative estimate of drug-likeness (QED) is 0.479. The molecule has 4 aromatic rings. The van der Waals surface area contributed by atoms with Gasteiger partial charge in [0, 0.05) is 54.1 Å². The summed E-state index contributed by atoms with van der Waals surface area (Å²) in [7, 11) is 1.56. The highest BCUT2D eigenvalue weighted by Crippen LogP contribution is 2.30. The SMILES string of the molecule is COc1cc(F)cc2c1cc(C)n2CCNc1cc(-c2ccc3c(c2)CCN3)ncn1. The zero-order chi connectivity index (χ0) is 21.4. The van der Waals surface area contributed by atoms with Gasteiger partial charge in [-0.3, -0.25) is 0 Å². The molecule has 1 aliphatic heterocycles. The lowest BCUT2D eigenvalue weighted by molar-refractivity contribution is 0.416. The third kappa shape index (κ3) is 3.67. The Kier molecular flexibility index (Phi) is 4.94. The van der Waals surface area contributed by atoms with Crippen molar-refractivity contribution in [3.05, 3.63) is 65.9 Å². The van der Waals surface area contributed by atoms with Crippen molar-refractivity contribution in [1.82, 2.24) is 14.5 Å². The molecule has 0 radical (unpaired) electrons. The average molecular weight is 417 g/mol. The second-order valence-electron chi connectivity index (χ2n) is 7.74. The Hall–Kier alpha value is -3.61. The number of benzene rings is 2. The number of ether oxygens (including phenoxy) is 1. The molecule has 2 N–H and O–H groups in total. The molecule has 7 heteroatoms. The van der Waals surface area contributed by atoms with Crippen molar-refractivity contribution in [3.63, 3.8) is 0 Å². The van der Waals surface area contributed by atoms with Gasteiger partial charge in [-0.1, -0.05) is 6.07 Å². The second-order valence-corrected chi connectivity index (χ2v) is 7.74. The molecule has 31 heavy (non-hydrogen) atoms. The maximum atomic E-state index is 14.0. The minimum Gasteiger partial charge on any atom is -0.496 e. The third-order valence-electron chi connectivity index (χ3n) is 5.79. The predicted molar refractivity (Wildman–Crippen MR) is 121 cm³/mol. The van der Waals surface area contributed by atoms with E-state index < -0.39 is 0 Å². The van der Waals surface area contributed by atoms with Crippen LogP contribution in [0.3, 0.4) is 0 Å². The molecule has 0 saturated carbocycles. The molecule has 2 aromatic carbocycles. The van der Waals surface area contributed by atoms with E-state index in [-0.39, 0.29) is 5.82 Å². The monoisotopic (exact) mass is 417 g/mol. The van der Waals surface area contributed by atoms with E-state index in [1.807, 2.05) is 19.1 Å². The van der Waals surface area contributed by atoms with Crippen LogP contribution in [0.2, 0.25) is 0 Å². The topological polar surface area (TPSA) is 64.0 Å². The van der Waals surface area contributed by atoms with Gasteiger partial charge in [0.15, 0.2) is 0 Å². The average Bonchev–Trinajstić information content (AvgIpc) is 3.37. The Labute approximate surface area is 180 Å². The number of fused-ring (bicyclic) bond motifs is 2. The first-order valence-electron chi connectivity index (χ1n) is 10.4. The van der Waals surface area contributed by atoms with Crippen LogP contribution in [-0.4, -0.2) is 34.7 Å². The Morgan fingerprint density at radius 1 is 1.16 bits per heavy atom. The summed E-state index contributed by atoms with van der Waals surface area (Å²) < 4.78 is 21.4. The van der Waals surface area contributed by atoms with Crippen molar-refractivity contribution >= 4 is 22.4 Å². The summed E-state index contributed by atoms with van der Waals surface area (Å²) >= 11 is 0. The summed E-state index contributed by atoms with van der Waals surface area (Å²) in [6.07, 6.45) is 2.62. The van der Waals surface area contributed by atoms with E-state index in [0.717, 1.165) is 46.6 Å². The molecule has 0 aliphatic carbocycles. The molecule has 0 saturated heterocycles. The van der Waals surface area contributed by atoms with Crippen molar-refractivity contribution in [2.75, 3.05) is 30.8 Å². The van der Waals surface area contributed by atoms with Gasteiger partial charge in [-0.25, -0.2) is 14.4 Å². The molecule has 0 amide bonds. The molecule has 3 heterocycles. The minimum atomic E-state index is -0.304. The van der Waals surface area contributed by atoms with E-state index in [0.29, 0.717) is 18.8 Å². The summed E-state index contributed by atoms with van der Waals surface area (Å²) in [5.74, 6) is 1.01. The lowest BCUT2D eigenvalue weighted by Crippen LogP contribution is -2.12. The number of nitrogens with one attached hydrogen (secondary N) is 2. The number of halogens is 1. The predicted octanol–water partition coefficient (Wildman–Crippen LogP) is 4.63. The van der Waals surface area contributed by atoms with Gasteiger partial charge in [-0.15, -0.1) is 0 Å². The summed E-state index contributed by atoms with van der Waals surface area (Å²) in [4.78, 5) is 8.80. The van der Waals surface area contributed by atoms with E-state index in [9.17, 15) is 4.39 Å². The molecule has 5 rings (SSSR count). The molecule has 0 atom stereocenters. The highest BCUT2D eigenvalue weighted by Gasteiger charge is 2.13. The summed E-state index contributed by atoms with van der Waals surface area (Å²) in [5, 5.41) is 7.67. The van der Waals surface area contributed by atoms with Crippen LogP contribution in [0.1, 0.15) is 11.3 Å². The van der Waals surface area contributed by atoms with Gasteiger partial charge in [0.25, 0.3) is 0 Å². The number of methoxy groups -OCH3 is 1. The van der Waals surface area contributed by atoms with Crippen LogP contribution in [-0.2, 0) is 13.0 Å². The lowest BCUT2D eigenvalue weighted by atomic mass is 10.1. The van der Waals surface area contributed by atoms with Gasteiger partial charge >= 0.3 is 0 Å². The van der Waals surface area contributed by atoms with Gasteiger partial charge in [-0.05, 0) is 43.2 Å². The first-order valence-corrected chi connectivity index (χ1v) is 10.4. The fraction of sp³-hybridized carbons (Fsp3) is 0.250. The van der Waals surface area contributed by atoms with Crippen LogP contribution in [0, 0.1) is 12.7 Å². The fourth-order valence-electron chi connectivity index (χ4n) is 4.26. The maximum absolute atomic E-state index is 14.0. The van der Waals surface area contributed by atoms with Crippen LogP contribution >= 0.6 is 0 Å². The standard InChI is InChI=1S/C24H24FN5O/c1-15-9-19-22(11-18(25)12-23(19)31-2)30(15)8-7-27-24-13-21(28-14-29-24)16-3-4-20-17(10-16)5-6-26-20/h3-4,9-14,26H,5-8H2,1-2H3,(H,27,28,29). The van der Waals surface area contributed by atoms with Crippen LogP contribution in [0.4, 0.5) is 15.9 Å². The van der Waals surface area contributed by atoms with Crippen LogP contribution in [0.25, 0.3) is 22.2 Å². The zero-order valence-corrected chi connectivity index (χ0v) is 17.6. The molecule has 0 unspecified atom stereocenters. The molecule has 0 fully saturated rings. The summed E-state index contributed by atoms with van der Waals surface area (Å²) in [6.45, 7) is 4.32. The second kappa shape index (κ2) is 7.91. The molecule has 0 bridgehead atoms. The largest absolute Gasteiger partial charge is 0.496 e. The van der Waals surface area contributed by atoms with Crippen molar-refractivity contribution < 1.29 is 9.13 Å². The van der Waals surface area contributed by atoms with Crippen LogP contribution < -0.4 is 15.4 Å². The van der Waals surface area contributed by atoms with Gasteiger partial charge < -0.3 is 19.9 Å². The fourth-order valence-corrected chi connectivity index (χ4v) is 4.26. The Morgan fingerprint density at radius 2 is 2.06 bits per heavy atom. The van der Waals surface area contributed by atoms with Crippen molar-refractivity contribution in [2.45, 2.75) is 19.9 Å². The molecule has 0 spiro atoms. The first kappa shape index (κ1) is 19.4. The molecule has 6 nitrogen and oxygen atoms in total.